The summed E-state index contributed by atoms with van der Waals surface area (Å²) in [4.78, 5) is 18.7. The van der Waals surface area contributed by atoms with Gasteiger partial charge in [-0.05, 0) is 44.4 Å². The van der Waals surface area contributed by atoms with Crippen molar-refractivity contribution in [3.8, 4) is 5.88 Å². The molecule has 1 amide bonds. The van der Waals surface area contributed by atoms with Crippen molar-refractivity contribution in [2.45, 2.75) is 11.0 Å². The maximum Gasteiger partial charge on any atom is 0.274 e. The lowest BCUT2D eigenvalue weighted by molar-refractivity contribution is -0.115. The summed E-state index contributed by atoms with van der Waals surface area (Å²) in [5.74, 6) is -0.279. The number of fused-ring (bicyclic) bond motifs is 2. The Balaban J connectivity index is 1.54. The number of azo groups is 1. The summed E-state index contributed by atoms with van der Waals surface area (Å²) in [6, 6.07) is 13.5. The second-order valence-electron chi connectivity index (χ2n) is 6.81. The number of halogens is 1. The average Bonchev–Trinajstić information content (AvgIpc) is 3.23. The Morgan fingerprint density at radius 2 is 2.10 bits per heavy atom. The Morgan fingerprint density at radius 1 is 1.30 bits per heavy atom. The highest BCUT2D eigenvalue weighted by Gasteiger charge is 2.18. The van der Waals surface area contributed by atoms with Crippen molar-refractivity contribution >= 4 is 71.7 Å². The molecule has 0 unspecified atom stereocenters. The lowest BCUT2D eigenvalue weighted by atomic mass is 10.2. The van der Waals surface area contributed by atoms with E-state index >= 15 is 0 Å². The number of hydrogen-bond donors (Lipinski definition) is 1. The van der Waals surface area contributed by atoms with Gasteiger partial charge in [-0.2, -0.15) is 0 Å². The summed E-state index contributed by atoms with van der Waals surface area (Å²) >= 11 is 6.33. The fraction of sp³-hybridized carbons (Fsp3) is 0.200. The van der Waals surface area contributed by atoms with E-state index in [0.29, 0.717) is 6.67 Å². The molecule has 0 saturated heterocycles. The summed E-state index contributed by atoms with van der Waals surface area (Å²) in [7, 11) is 3.82. The fourth-order valence-electron chi connectivity index (χ4n) is 2.99. The quantitative estimate of drug-likeness (QED) is 0.271. The number of amides is 1. The number of carbonyl (C=O) groups is 1. The van der Waals surface area contributed by atoms with Crippen LogP contribution in [0.15, 0.2) is 61.5 Å². The minimum atomic E-state index is -0.387. The van der Waals surface area contributed by atoms with Crippen LogP contribution in [0.2, 0.25) is 0 Å². The van der Waals surface area contributed by atoms with Gasteiger partial charge in [-0.25, -0.2) is 4.98 Å². The van der Waals surface area contributed by atoms with Crippen molar-refractivity contribution < 1.29 is 9.90 Å². The van der Waals surface area contributed by atoms with Gasteiger partial charge in [0.15, 0.2) is 10.0 Å². The first-order chi connectivity index (χ1) is 14.4. The average molecular weight is 504 g/mol. The van der Waals surface area contributed by atoms with Crippen LogP contribution in [0, 0.1) is 0 Å². The molecule has 154 valence electrons. The topological polar surface area (TPSA) is 83.1 Å². The number of thiazole rings is 1. The molecule has 2 heterocycles. The minimum Gasteiger partial charge on any atom is -0.493 e. The Morgan fingerprint density at radius 3 is 2.87 bits per heavy atom. The number of benzene rings is 2. The lowest BCUT2D eigenvalue weighted by Gasteiger charge is -2.13. The van der Waals surface area contributed by atoms with Gasteiger partial charge in [0.1, 0.15) is 0 Å². The molecule has 0 aliphatic rings. The molecule has 4 rings (SSSR count). The molecule has 1 N–H and O–H groups in total. The largest absolute Gasteiger partial charge is 0.493 e. The second kappa shape index (κ2) is 8.84. The van der Waals surface area contributed by atoms with E-state index in [1.807, 2.05) is 61.5 Å². The zero-order valence-corrected chi connectivity index (χ0v) is 19.5. The van der Waals surface area contributed by atoms with Gasteiger partial charge >= 0.3 is 0 Å². The van der Waals surface area contributed by atoms with Crippen LogP contribution in [0.25, 0.3) is 21.1 Å². The highest BCUT2D eigenvalue weighted by Crippen LogP contribution is 2.40. The van der Waals surface area contributed by atoms with Crippen molar-refractivity contribution in [2.24, 2.45) is 10.2 Å². The van der Waals surface area contributed by atoms with E-state index in [2.05, 4.69) is 31.1 Å². The van der Waals surface area contributed by atoms with Crippen LogP contribution in [0.5, 0.6) is 5.88 Å². The zero-order valence-electron chi connectivity index (χ0n) is 16.2. The molecule has 30 heavy (non-hydrogen) atoms. The van der Waals surface area contributed by atoms with Gasteiger partial charge < -0.3 is 5.11 Å². The van der Waals surface area contributed by atoms with E-state index in [1.54, 1.807) is 15.9 Å². The van der Waals surface area contributed by atoms with Gasteiger partial charge in [0.2, 0.25) is 5.88 Å². The number of nitrogens with zero attached hydrogens (tertiary/aromatic N) is 5. The number of para-hydroxylation sites is 1. The van der Waals surface area contributed by atoms with Crippen LogP contribution >= 0.6 is 39.0 Å². The molecular weight excluding hydrogens is 486 g/mol. The molecule has 2 aromatic carbocycles. The van der Waals surface area contributed by atoms with E-state index in [9.17, 15) is 9.90 Å². The van der Waals surface area contributed by atoms with Crippen LogP contribution in [-0.4, -0.2) is 45.3 Å². The molecule has 0 atom stereocenters. The monoisotopic (exact) mass is 503 g/mol. The highest BCUT2D eigenvalue weighted by atomic mass is 79.9. The smallest absolute Gasteiger partial charge is 0.274 e. The van der Waals surface area contributed by atoms with Crippen molar-refractivity contribution in [3.05, 3.63) is 46.9 Å². The van der Waals surface area contributed by atoms with Gasteiger partial charge in [-0.1, -0.05) is 39.8 Å². The minimum absolute atomic E-state index is 0.0211. The van der Waals surface area contributed by atoms with Gasteiger partial charge in [0.05, 0.1) is 28.2 Å². The number of rotatable bonds is 6. The van der Waals surface area contributed by atoms with Gasteiger partial charge in [-0.15, -0.1) is 21.6 Å². The van der Waals surface area contributed by atoms with Crippen LogP contribution in [0.4, 0.5) is 5.69 Å². The number of aromatic hydroxyl groups is 1. The number of thioether (sulfide) groups is 1. The van der Waals surface area contributed by atoms with Crippen molar-refractivity contribution in [1.82, 2.24) is 14.5 Å². The highest BCUT2D eigenvalue weighted by molar-refractivity contribution is 9.10. The van der Waals surface area contributed by atoms with Gasteiger partial charge in [-0.3, -0.25) is 14.3 Å². The molecule has 0 saturated carbocycles. The SMILES string of the molecule is CN(C)Cn1c(O)c(N=NC(=O)CSc2nc3ccccc3s2)c2cc(Br)ccc21. The zero-order chi connectivity index (χ0) is 21.3. The summed E-state index contributed by atoms with van der Waals surface area (Å²) in [5.41, 5.74) is 2.02. The Kier molecular flexibility index (Phi) is 6.19. The van der Waals surface area contributed by atoms with Crippen molar-refractivity contribution in [1.29, 1.82) is 0 Å². The number of carbonyl (C=O) groups excluding carboxylic acids is 1. The lowest BCUT2D eigenvalue weighted by Crippen LogP contribution is -2.16. The maximum absolute atomic E-state index is 12.3. The molecule has 7 nitrogen and oxygen atoms in total. The molecule has 0 aliphatic carbocycles. The molecule has 0 radical (unpaired) electrons. The third-order valence-corrected chi connectivity index (χ3v) is 6.91. The molecule has 4 aromatic rings. The summed E-state index contributed by atoms with van der Waals surface area (Å²) in [6.45, 7) is 0.473. The molecule has 0 spiro atoms. The summed E-state index contributed by atoms with van der Waals surface area (Å²) in [6.07, 6.45) is 0. The third kappa shape index (κ3) is 4.41. The van der Waals surface area contributed by atoms with Crippen molar-refractivity contribution in [2.75, 3.05) is 19.8 Å². The molecule has 0 bridgehead atoms. The number of aromatic nitrogens is 2. The Bertz CT molecular complexity index is 1230. The van der Waals surface area contributed by atoms with Crippen molar-refractivity contribution in [3.63, 3.8) is 0 Å². The Labute approximate surface area is 189 Å². The molecular formula is C20H18BrN5O2S2. The van der Waals surface area contributed by atoms with Gasteiger partial charge in [0, 0.05) is 9.86 Å². The maximum atomic E-state index is 12.3. The van der Waals surface area contributed by atoms with Gasteiger partial charge in [0.25, 0.3) is 5.91 Å². The van der Waals surface area contributed by atoms with Crippen LogP contribution < -0.4 is 0 Å². The first-order valence-corrected chi connectivity index (χ1v) is 11.6. The fourth-order valence-corrected chi connectivity index (χ4v) is 5.20. The van der Waals surface area contributed by atoms with E-state index in [4.69, 9.17) is 0 Å². The predicted octanol–water partition coefficient (Wildman–Crippen LogP) is 5.64. The third-order valence-electron chi connectivity index (χ3n) is 4.25. The summed E-state index contributed by atoms with van der Waals surface area (Å²) < 4.78 is 4.48. The number of hydrogen-bond acceptors (Lipinski definition) is 7. The van der Waals surface area contributed by atoms with E-state index < -0.39 is 0 Å². The molecule has 0 fully saturated rings. The van der Waals surface area contributed by atoms with E-state index in [-0.39, 0.29) is 23.2 Å². The van der Waals surface area contributed by atoms with E-state index in [0.717, 1.165) is 29.9 Å². The first-order valence-electron chi connectivity index (χ1n) is 9.01. The second-order valence-corrected chi connectivity index (χ2v) is 9.98. The molecule has 2 aromatic heterocycles. The van der Waals surface area contributed by atoms with Crippen LogP contribution in [-0.2, 0) is 11.5 Å². The standard InChI is InChI=1S/C20H18BrN5O2S2/c1-25(2)11-26-15-8-7-12(21)9-13(15)18(19(26)28)24-23-17(27)10-29-20-22-14-5-3-4-6-16(14)30-20/h3-9,28H,10-11H2,1-2H3. The summed E-state index contributed by atoms with van der Waals surface area (Å²) in [5, 5.41) is 19.3. The first kappa shape index (κ1) is 21.0. The molecule has 10 heteroatoms. The molecule has 0 aliphatic heterocycles. The Hall–Kier alpha value is -2.27. The predicted molar refractivity (Wildman–Crippen MR) is 125 cm³/mol. The van der Waals surface area contributed by atoms with Crippen LogP contribution in [0.1, 0.15) is 0 Å². The van der Waals surface area contributed by atoms with Crippen LogP contribution in [0.3, 0.4) is 0 Å². The normalized spacial score (nSPS) is 12.0. The van der Waals surface area contributed by atoms with E-state index in [1.165, 1.54) is 11.8 Å².